The van der Waals surface area contributed by atoms with Crippen molar-refractivity contribution in [2.45, 2.75) is 31.7 Å². The Morgan fingerprint density at radius 3 is 2.86 bits per heavy atom. The third-order valence-electron chi connectivity index (χ3n) is 4.07. The predicted octanol–water partition coefficient (Wildman–Crippen LogP) is 2.60. The molecule has 5 nitrogen and oxygen atoms in total. The molecule has 1 aliphatic heterocycles. The summed E-state index contributed by atoms with van der Waals surface area (Å²) in [5.74, 6) is -0.529. The van der Waals surface area contributed by atoms with Gasteiger partial charge >= 0.3 is 5.69 Å². The van der Waals surface area contributed by atoms with E-state index >= 15 is 0 Å². The molecule has 0 bridgehead atoms. The van der Waals surface area contributed by atoms with E-state index in [1.807, 2.05) is 6.07 Å². The summed E-state index contributed by atoms with van der Waals surface area (Å²) in [7, 11) is 0. The summed E-state index contributed by atoms with van der Waals surface area (Å²) in [4.78, 5) is 30.6. The van der Waals surface area contributed by atoms with Gasteiger partial charge in [0.25, 0.3) is 5.91 Å². The number of imidazole rings is 1. The molecule has 2 heterocycles. The molecule has 22 heavy (non-hydrogen) atoms. The van der Waals surface area contributed by atoms with E-state index in [2.05, 4.69) is 9.97 Å². The summed E-state index contributed by atoms with van der Waals surface area (Å²) in [5, 5.41) is 0. The molecule has 1 atom stereocenters. The molecule has 0 aliphatic carbocycles. The van der Waals surface area contributed by atoms with E-state index in [4.69, 9.17) is 0 Å². The standard InChI is InChI=1S/C16H18FN3O2/c17-12-6-4-5-11(9-12)14-7-2-1-3-8-20(14)15(21)13-10-18-16(22)19-13/h4-6,9-10,14H,1-3,7-8H2,(H2,18,19,22)/t14-/m0/s1. The van der Waals surface area contributed by atoms with Crippen LogP contribution >= 0.6 is 0 Å². The van der Waals surface area contributed by atoms with Crippen molar-refractivity contribution in [1.82, 2.24) is 14.9 Å². The average molecular weight is 303 g/mol. The molecule has 2 aromatic rings. The van der Waals surface area contributed by atoms with E-state index in [0.29, 0.717) is 6.54 Å². The summed E-state index contributed by atoms with van der Waals surface area (Å²) in [6.45, 7) is 0.604. The molecule has 0 spiro atoms. The van der Waals surface area contributed by atoms with Gasteiger partial charge in [-0.2, -0.15) is 0 Å². The van der Waals surface area contributed by atoms with Gasteiger partial charge in [0.2, 0.25) is 0 Å². The van der Waals surface area contributed by atoms with Crippen LogP contribution in [-0.2, 0) is 0 Å². The summed E-state index contributed by atoms with van der Waals surface area (Å²) >= 11 is 0. The summed E-state index contributed by atoms with van der Waals surface area (Å²) < 4.78 is 13.5. The number of halogens is 1. The van der Waals surface area contributed by atoms with Crippen molar-refractivity contribution < 1.29 is 9.18 Å². The summed E-state index contributed by atoms with van der Waals surface area (Å²) in [6, 6.07) is 6.23. The van der Waals surface area contributed by atoms with Gasteiger partial charge < -0.3 is 14.9 Å². The van der Waals surface area contributed by atoms with Crippen molar-refractivity contribution in [3.05, 3.63) is 58.0 Å². The number of amides is 1. The first-order valence-corrected chi connectivity index (χ1v) is 7.49. The summed E-state index contributed by atoms with van der Waals surface area (Å²) in [6.07, 6.45) is 5.13. The number of aromatic amines is 2. The fourth-order valence-electron chi connectivity index (χ4n) is 3.01. The molecular weight excluding hydrogens is 285 g/mol. The molecule has 116 valence electrons. The third-order valence-corrected chi connectivity index (χ3v) is 4.07. The number of nitrogens with zero attached hydrogens (tertiary/aromatic N) is 1. The molecule has 1 aliphatic rings. The van der Waals surface area contributed by atoms with Crippen LogP contribution in [0.4, 0.5) is 4.39 Å². The van der Waals surface area contributed by atoms with Crippen LogP contribution in [0.15, 0.2) is 35.3 Å². The van der Waals surface area contributed by atoms with Gasteiger partial charge in [-0.15, -0.1) is 0 Å². The minimum absolute atomic E-state index is 0.163. The molecule has 1 amide bonds. The van der Waals surface area contributed by atoms with E-state index in [1.54, 1.807) is 11.0 Å². The Balaban J connectivity index is 1.94. The SMILES string of the molecule is O=C(c1c[nH]c(=O)[nH]1)N1CCCCC[C@H]1c1cccc(F)c1. The van der Waals surface area contributed by atoms with Gasteiger partial charge in [0.05, 0.1) is 6.04 Å². The lowest BCUT2D eigenvalue weighted by Gasteiger charge is -2.30. The summed E-state index contributed by atoms with van der Waals surface area (Å²) in [5.41, 5.74) is 0.641. The van der Waals surface area contributed by atoms with Crippen molar-refractivity contribution in [1.29, 1.82) is 0 Å². The van der Waals surface area contributed by atoms with E-state index < -0.39 is 5.69 Å². The number of carbonyl (C=O) groups excluding carboxylic acids is 1. The van der Waals surface area contributed by atoms with Crippen molar-refractivity contribution >= 4 is 5.91 Å². The van der Waals surface area contributed by atoms with Crippen molar-refractivity contribution in [3.63, 3.8) is 0 Å². The van der Waals surface area contributed by atoms with Gasteiger partial charge in [-0.1, -0.05) is 25.0 Å². The number of aromatic nitrogens is 2. The highest BCUT2D eigenvalue weighted by Crippen LogP contribution is 2.31. The zero-order valence-electron chi connectivity index (χ0n) is 12.1. The van der Waals surface area contributed by atoms with Crippen LogP contribution in [0.2, 0.25) is 0 Å². The Morgan fingerprint density at radius 1 is 1.27 bits per heavy atom. The van der Waals surface area contributed by atoms with E-state index in [0.717, 1.165) is 31.2 Å². The van der Waals surface area contributed by atoms with Crippen LogP contribution in [-0.4, -0.2) is 27.3 Å². The molecule has 3 rings (SSSR count). The third kappa shape index (κ3) is 2.95. The fourth-order valence-corrected chi connectivity index (χ4v) is 3.01. The quantitative estimate of drug-likeness (QED) is 0.895. The molecule has 1 saturated heterocycles. The first kappa shape index (κ1) is 14.6. The molecule has 0 saturated carbocycles. The normalized spacial score (nSPS) is 19.0. The second-order valence-electron chi connectivity index (χ2n) is 5.58. The largest absolute Gasteiger partial charge is 0.330 e. The predicted molar refractivity (Wildman–Crippen MR) is 80.1 cm³/mol. The number of carbonyl (C=O) groups is 1. The number of nitrogens with one attached hydrogen (secondary N) is 2. The molecule has 1 fully saturated rings. The number of benzene rings is 1. The molecule has 2 N–H and O–H groups in total. The van der Waals surface area contributed by atoms with E-state index in [9.17, 15) is 14.0 Å². The Kier molecular flexibility index (Phi) is 4.09. The van der Waals surface area contributed by atoms with Crippen LogP contribution in [0.3, 0.4) is 0 Å². The highest BCUT2D eigenvalue weighted by molar-refractivity contribution is 5.92. The Morgan fingerprint density at radius 2 is 2.14 bits per heavy atom. The molecule has 0 radical (unpaired) electrons. The Labute approximate surface area is 127 Å². The van der Waals surface area contributed by atoms with Gasteiger partial charge in [-0.3, -0.25) is 4.79 Å². The highest BCUT2D eigenvalue weighted by atomic mass is 19.1. The lowest BCUT2D eigenvalue weighted by Crippen LogP contribution is -2.35. The van der Waals surface area contributed by atoms with Gasteiger partial charge in [-0.25, -0.2) is 9.18 Å². The molecule has 6 heteroatoms. The Bertz CT molecular complexity index is 722. The molecule has 1 aromatic heterocycles. The first-order chi connectivity index (χ1) is 10.6. The first-order valence-electron chi connectivity index (χ1n) is 7.49. The minimum Gasteiger partial charge on any atom is -0.330 e. The number of hydrogen-bond donors (Lipinski definition) is 2. The zero-order valence-corrected chi connectivity index (χ0v) is 12.1. The second-order valence-corrected chi connectivity index (χ2v) is 5.58. The van der Waals surface area contributed by atoms with E-state index in [-0.39, 0.29) is 23.5 Å². The second kappa shape index (κ2) is 6.17. The van der Waals surface area contributed by atoms with Crippen LogP contribution < -0.4 is 5.69 Å². The number of hydrogen-bond acceptors (Lipinski definition) is 2. The van der Waals surface area contributed by atoms with Gasteiger partial charge in [-0.05, 0) is 30.5 Å². The van der Waals surface area contributed by atoms with E-state index in [1.165, 1.54) is 18.3 Å². The topological polar surface area (TPSA) is 69.0 Å². The van der Waals surface area contributed by atoms with Crippen LogP contribution in [0, 0.1) is 5.82 Å². The van der Waals surface area contributed by atoms with Crippen LogP contribution in [0.1, 0.15) is 47.8 Å². The van der Waals surface area contributed by atoms with Gasteiger partial charge in [0.1, 0.15) is 11.5 Å². The van der Waals surface area contributed by atoms with Crippen molar-refractivity contribution in [2.24, 2.45) is 0 Å². The monoisotopic (exact) mass is 303 g/mol. The van der Waals surface area contributed by atoms with Crippen molar-refractivity contribution in [3.8, 4) is 0 Å². The minimum atomic E-state index is -0.402. The maximum absolute atomic E-state index is 13.5. The zero-order chi connectivity index (χ0) is 15.5. The Hall–Kier alpha value is -2.37. The van der Waals surface area contributed by atoms with Gasteiger partial charge in [0.15, 0.2) is 0 Å². The molecule has 0 unspecified atom stereocenters. The number of H-pyrrole nitrogens is 2. The number of likely N-dealkylation sites (tertiary alicyclic amines) is 1. The van der Waals surface area contributed by atoms with Crippen molar-refractivity contribution in [2.75, 3.05) is 6.54 Å². The van der Waals surface area contributed by atoms with Crippen LogP contribution in [0.5, 0.6) is 0 Å². The smallest absolute Gasteiger partial charge is 0.323 e. The highest BCUT2D eigenvalue weighted by Gasteiger charge is 2.28. The maximum Gasteiger partial charge on any atom is 0.323 e. The van der Waals surface area contributed by atoms with Gasteiger partial charge in [0, 0.05) is 12.7 Å². The number of rotatable bonds is 2. The lowest BCUT2D eigenvalue weighted by molar-refractivity contribution is 0.0675. The molecule has 1 aromatic carbocycles. The maximum atomic E-state index is 13.5. The average Bonchev–Trinajstić information content (AvgIpc) is 2.80. The lowest BCUT2D eigenvalue weighted by atomic mass is 10.0. The fraction of sp³-hybridized carbons (Fsp3) is 0.375. The van der Waals surface area contributed by atoms with Crippen LogP contribution in [0.25, 0.3) is 0 Å². The molecular formula is C16H18FN3O2.